The summed E-state index contributed by atoms with van der Waals surface area (Å²) < 4.78 is 12.5. The molecule has 0 aliphatic heterocycles. The van der Waals surface area contributed by atoms with Crippen molar-refractivity contribution in [2.45, 2.75) is 33.6 Å². The Hall–Kier alpha value is -3.61. The van der Waals surface area contributed by atoms with Crippen LogP contribution in [-0.2, 0) is 20.7 Å². The summed E-state index contributed by atoms with van der Waals surface area (Å²) in [7, 11) is 0. The molecule has 0 saturated heterocycles. The Morgan fingerprint density at radius 1 is 1.03 bits per heavy atom. The van der Waals surface area contributed by atoms with Crippen LogP contribution in [0.4, 0.5) is 5.69 Å². The lowest BCUT2D eigenvalue weighted by molar-refractivity contribution is -0.147. The molecule has 7 heteroatoms. The summed E-state index contributed by atoms with van der Waals surface area (Å²) in [4.78, 5) is 24.4. The summed E-state index contributed by atoms with van der Waals surface area (Å²) in [6, 6.07) is 17.2. The molecule has 1 N–H and O–H groups in total. The fourth-order valence-corrected chi connectivity index (χ4v) is 3.28. The maximum atomic E-state index is 12.3. The molecule has 0 saturated carbocycles. The Morgan fingerprint density at radius 3 is 2.48 bits per heavy atom. The maximum absolute atomic E-state index is 12.3. The third kappa shape index (κ3) is 5.72. The molecule has 0 atom stereocenters. The van der Waals surface area contributed by atoms with Crippen LogP contribution in [0.15, 0.2) is 54.6 Å². The standard InChI is InChI=1S/C24H27N3O4/c1-4-30-21-13-9-8-10-19(21)14-15-23(29)31-16-22(28)25-24-17(2)26-27(18(24)3)20-11-6-5-7-12-20/h5-13H,4,14-16H2,1-3H3,(H,25,28). The summed E-state index contributed by atoms with van der Waals surface area (Å²) in [6.45, 7) is 5.83. The Labute approximate surface area is 182 Å². The number of esters is 1. The molecule has 3 rings (SSSR count). The van der Waals surface area contributed by atoms with Gasteiger partial charge in [-0.25, -0.2) is 4.68 Å². The lowest BCUT2D eigenvalue weighted by atomic mass is 10.1. The quantitative estimate of drug-likeness (QED) is 0.528. The highest BCUT2D eigenvalue weighted by molar-refractivity contribution is 5.93. The number of carbonyl (C=O) groups is 2. The van der Waals surface area contributed by atoms with Crippen LogP contribution in [0.3, 0.4) is 0 Å². The van der Waals surface area contributed by atoms with E-state index < -0.39 is 11.9 Å². The molecule has 1 aromatic heterocycles. The van der Waals surface area contributed by atoms with Crippen molar-refractivity contribution in [2.24, 2.45) is 0 Å². The summed E-state index contributed by atoms with van der Waals surface area (Å²) in [5.41, 5.74) is 3.95. The van der Waals surface area contributed by atoms with E-state index in [2.05, 4.69) is 10.4 Å². The molecule has 1 heterocycles. The van der Waals surface area contributed by atoms with Crippen molar-refractivity contribution in [3.05, 3.63) is 71.5 Å². The van der Waals surface area contributed by atoms with Crippen LogP contribution in [0.25, 0.3) is 5.69 Å². The molecule has 31 heavy (non-hydrogen) atoms. The average Bonchev–Trinajstić information content (AvgIpc) is 3.06. The van der Waals surface area contributed by atoms with Crippen molar-refractivity contribution in [2.75, 3.05) is 18.5 Å². The highest BCUT2D eigenvalue weighted by atomic mass is 16.5. The highest BCUT2D eigenvalue weighted by Crippen LogP contribution is 2.23. The Morgan fingerprint density at radius 2 is 1.74 bits per heavy atom. The zero-order valence-corrected chi connectivity index (χ0v) is 18.1. The minimum Gasteiger partial charge on any atom is -0.494 e. The number of hydrogen-bond acceptors (Lipinski definition) is 5. The smallest absolute Gasteiger partial charge is 0.306 e. The van der Waals surface area contributed by atoms with Gasteiger partial charge in [-0.05, 0) is 51.0 Å². The summed E-state index contributed by atoms with van der Waals surface area (Å²) in [5.74, 6) is -0.0753. The average molecular weight is 421 g/mol. The van der Waals surface area contributed by atoms with Gasteiger partial charge in [-0.2, -0.15) is 5.10 Å². The van der Waals surface area contributed by atoms with E-state index in [0.717, 1.165) is 22.7 Å². The van der Waals surface area contributed by atoms with Crippen molar-refractivity contribution < 1.29 is 19.1 Å². The van der Waals surface area contributed by atoms with Gasteiger partial charge in [0, 0.05) is 6.42 Å². The van der Waals surface area contributed by atoms with Gasteiger partial charge in [0.2, 0.25) is 0 Å². The van der Waals surface area contributed by atoms with E-state index in [0.29, 0.717) is 24.4 Å². The van der Waals surface area contributed by atoms with Crippen LogP contribution in [-0.4, -0.2) is 34.9 Å². The summed E-state index contributed by atoms with van der Waals surface area (Å²) in [6.07, 6.45) is 0.653. The van der Waals surface area contributed by atoms with Gasteiger partial charge < -0.3 is 14.8 Å². The van der Waals surface area contributed by atoms with E-state index in [1.807, 2.05) is 75.4 Å². The second kappa shape index (κ2) is 10.4. The first kappa shape index (κ1) is 22.1. The number of ether oxygens (including phenoxy) is 2. The molecule has 1 amide bonds. The molecule has 0 radical (unpaired) electrons. The van der Waals surface area contributed by atoms with E-state index in [4.69, 9.17) is 9.47 Å². The second-order valence-electron chi connectivity index (χ2n) is 7.04. The molecule has 162 valence electrons. The van der Waals surface area contributed by atoms with Gasteiger partial charge in [-0.3, -0.25) is 9.59 Å². The number of amides is 1. The molecule has 0 aliphatic carbocycles. The van der Waals surface area contributed by atoms with E-state index in [1.165, 1.54) is 0 Å². The van der Waals surface area contributed by atoms with Crippen LogP contribution in [0.2, 0.25) is 0 Å². The van der Waals surface area contributed by atoms with Crippen LogP contribution in [0, 0.1) is 13.8 Å². The number of rotatable bonds is 9. The highest BCUT2D eigenvalue weighted by Gasteiger charge is 2.16. The minimum absolute atomic E-state index is 0.168. The normalized spacial score (nSPS) is 10.5. The largest absolute Gasteiger partial charge is 0.494 e. The van der Waals surface area contributed by atoms with E-state index in [-0.39, 0.29) is 13.0 Å². The number of anilines is 1. The van der Waals surface area contributed by atoms with Gasteiger partial charge in [0.1, 0.15) is 5.75 Å². The number of aryl methyl sites for hydroxylation is 2. The molecule has 0 unspecified atom stereocenters. The zero-order chi connectivity index (χ0) is 22.2. The van der Waals surface area contributed by atoms with Crippen molar-refractivity contribution in [3.63, 3.8) is 0 Å². The predicted octanol–water partition coefficient (Wildman–Crippen LogP) is 4.00. The van der Waals surface area contributed by atoms with Gasteiger partial charge in [-0.15, -0.1) is 0 Å². The molecule has 3 aromatic rings. The van der Waals surface area contributed by atoms with Gasteiger partial charge in [-0.1, -0.05) is 36.4 Å². The Balaban J connectivity index is 1.53. The second-order valence-corrected chi connectivity index (χ2v) is 7.04. The summed E-state index contributed by atoms with van der Waals surface area (Å²) >= 11 is 0. The first-order valence-electron chi connectivity index (χ1n) is 10.3. The molecule has 0 spiro atoms. The topological polar surface area (TPSA) is 82.4 Å². The molecular formula is C24H27N3O4. The van der Waals surface area contributed by atoms with E-state index in [1.54, 1.807) is 4.68 Å². The van der Waals surface area contributed by atoms with E-state index in [9.17, 15) is 9.59 Å². The fourth-order valence-electron chi connectivity index (χ4n) is 3.28. The molecule has 0 fully saturated rings. The van der Waals surface area contributed by atoms with Gasteiger partial charge in [0.25, 0.3) is 5.91 Å². The number of nitrogens with one attached hydrogen (secondary N) is 1. The van der Waals surface area contributed by atoms with Crippen molar-refractivity contribution >= 4 is 17.6 Å². The first-order valence-corrected chi connectivity index (χ1v) is 10.3. The van der Waals surface area contributed by atoms with Crippen molar-refractivity contribution in [3.8, 4) is 11.4 Å². The predicted molar refractivity (Wildman–Crippen MR) is 119 cm³/mol. The number of carbonyl (C=O) groups excluding carboxylic acids is 2. The molecule has 7 nitrogen and oxygen atoms in total. The van der Waals surface area contributed by atoms with Crippen molar-refractivity contribution in [1.29, 1.82) is 0 Å². The van der Waals surface area contributed by atoms with Crippen LogP contribution >= 0.6 is 0 Å². The molecular weight excluding hydrogens is 394 g/mol. The zero-order valence-electron chi connectivity index (χ0n) is 18.1. The first-order chi connectivity index (χ1) is 15.0. The monoisotopic (exact) mass is 421 g/mol. The molecule has 0 aliphatic rings. The van der Waals surface area contributed by atoms with Crippen LogP contribution < -0.4 is 10.1 Å². The maximum Gasteiger partial charge on any atom is 0.306 e. The molecule has 2 aromatic carbocycles. The number of nitrogens with zero attached hydrogens (tertiary/aromatic N) is 2. The van der Waals surface area contributed by atoms with Gasteiger partial charge >= 0.3 is 5.97 Å². The number of para-hydroxylation sites is 2. The van der Waals surface area contributed by atoms with Crippen LogP contribution in [0.5, 0.6) is 5.75 Å². The SMILES string of the molecule is CCOc1ccccc1CCC(=O)OCC(=O)Nc1c(C)nn(-c2ccccc2)c1C. The molecule has 0 bridgehead atoms. The van der Waals surface area contributed by atoms with Crippen LogP contribution in [0.1, 0.15) is 30.3 Å². The number of aromatic nitrogens is 2. The number of hydrogen-bond donors (Lipinski definition) is 1. The third-order valence-corrected chi connectivity index (χ3v) is 4.79. The van der Waals surface area contributed by atoms with Gasteiger partial charge in [0.05, 0.1) is 29.4 Å². The third-order valence-electron chi connectivity index (χ3n) is 4.79. The Kier molecular flexibility index (Phi) is 7.43. The van der Waals surface area contributed by atoms with Crippen molar-refractivity contribution in [1.82, 2.24) is 9.78 Å². The lowest BCUT2D eigenvalue weighted by Crippen LogP contribution is -2.21. The fraction of sp³-hybridized carbons (Fsp3) is 0.292. The number of benzene rings is 2. The summed E-state index contributed by atoms with van der Waals surface area (Å²) in [5, 5.41) is 7.30. The lowest BCUT2D eigenvalue weighted by Gasteiger charge is -2.10. The van der Waals surface area contributed by atoms with Gasteiger partial charge in [0.15, 0.2) is 6.61 Å². The van der Waals surface area contributed by atoms with E-state index >= 15 is 0 Å². The Bertz CT molecular complexity index is 1040. The minimum atomic E-state index is -0.435.